The van der Waals surface area contributed by atoms with Crippen molar-refractivity contribution in [2.45, 2.75) is 76.9 Å². The van der Waals surface area contributed by atoms with E-state index in [0.29, 0.717) is 12.6 Å². The van der Waals surface area contributed by atoms with Crippen LogP contribution in [0.3, 0.4) is 0 Å². The fourth-order valence-electron chi connectivity index (χ4n) is 7.09. The Kier molecular flexibility index (Phi) is 12.9. The van der Waals surface area contributed by atoms with Crippen LogP contribution in [0.2, 0.25) is 0 Å². The molecule has 3 aromatic rings. The number of methoxy groups -OCH3 is 2. The minimum absolute atomic E-state index is 0.270. The van der Waals surface area contributed by atoms with Crippen molar-refractivity contribution >= 4 is 32.9 Å². The van der Waals surface area contributed by atoms with Gasteiger partial charge in [-0.3, -0.25) is 0 Å². The van der Waals surface area contributed by atoms with Crippen LogP contribution in [0.25, 0.3) is 0 Å². The summed E-state index contributed by atoms with van der Waals surface area (Å²) in [7, 11) is -0.912. The fraction of sp³-hybridized carbons (Fsp3) is 0.421. The predicted molar refractivity (Wildman–Crippen MR) is 193 cm³/mol. The molecule has 0 aliphatic heterocycles. The van der Waals surface area contributed by atoms with E-state index in [1.807, 2.05) is 97.9 Å². The number of aliphatic hydroxyl groups is 2. The molecule has 7 nitrogen and oxygen atoms in total. The number of aliphatic hydroxyl groups excluding tert-OH is 2. The molecular formula is C38H51O7PS. The molecular weight excluding hydrogens is 631 g/mol. The Labute approximate surface area is 281 Å². The third-order valence-electron chi connectivity index (χ3n) is 9.41. The van der Waals surface area contributed by atoms with Gasteiger partial charge in [-0.2, -0.15) is 0 Å². The molecule has 0 saturated carbocycles. The van der Waals surface area contributed by atoms with Crippen molar-refractivity contribution < 1.29 is 32.1 Å². The normalized spacial score (nSPS) is 18.1. The summed E-state index contributed by atoms with van der Waals surface area (Å²) in [5.41, 5.74) is 1.54. The average Bonchev–Trinajstić information content (AvgIpc) is 3.08. The summed E-state index contributed by atoms with van der Waals surface area (Å²) >= 11 is 0. The van der Waals surface area contributed by atoms with Gasteiger partial charge in [0.15, 0.2) is 11.5 Å². The predicted octanol–water partition coefficient (Wildman–Crippen LogP) is 6.47. The maximum absolute atomic E-state index is 13.2. The number of hydrogen-bond acceptors (Lipinski definition) is 7. The van der Waals surface area contributed by atoms with Gasteiger partial charge in [-0.1, -0.05) is 0 Å². The van der Waals surface area contributed by atoms with Gasteiger partial charge in [-0.15, -0.1) is 0 Å². The molecule has 0 spiro atoms. The van der Waals surface area contributed by atoms with Gasteiger partial charge in [0.2, 0.25) is 0 Å². The molecule has 3 aromatic carbocycles. The molecule has 1 aliphatic rings. The number of benzene rings is 3. The third kappa shape index (κ3) is 8.01. The number of unbranched alkanes of at least 4 members (excludes halogenated alkanes) is 7. The van der Waals surface area contributed by atoms with Gasteiger partial charge in [-0.25, -0.2) is 0 Å². The Morgan fingerprint density at radius 1 is 0.617 bits per heavy atom. The molecule has 2 N–H and O–H groups in total. The van der Waals surface area contributed by atoms with Crippen LogP contribution in [0, 0.1) is 0 Å². The first-order chi connectivity index (χ1) is 22.6. The van der Waals surface area contributed by atoms with E-state index >= 15 is 0 Å². The Hall–Kier alpha value is -3.00. The summed E-state index contributed by atoms with van der Waals surface area (Å²) in [6.45, 7) is -2.08. The zero-order valence-corrected chi connectivity index (χ0v) is 29.9. The maximum atomic E-state index is 13.2. The molecule has 1 aliphatic carbocycles. The van der Waals surface area contributed by atoms with Crippen molar-refractivity contribution in [3.8, 4) is 0 Å². The van der Waals surface area contributed by atoms with Crippen LogP contribution in [-0.2, 0) is 23.6 Å². The Morgan fingerprint density at radius 2 is 1.00 bits per heavy atom. The van der Waals surface area contributed by atoms with E-state index in [4.69, 9.17) is 13.4 Å². The third-order valence-corrected chi connectivity index (χ3v) is 17.2. The minimum atomic E-state index is -3.92. The van der Waals surface area contributed by atoms with Crippen LogP contribution in [-0.4, -0.2) is 57.5 Å². The second kappa shape index (κ2) is 16.4. The molecule has 47 heavy (non-hydrogen) atoms. The molecule has 0 heterocycles. The molecule has 0 aromatic heterocycles. The van der Waals surface area contributed by atoms with Crippen molar-refractivity contribution in [2.24, 2.45) is 0 Å². The van der Waals surface area contributed by atoms with Gasteiger partial charge in [0.25, 0.3) is 0 Å². The first-order valence-corrected chi connectivity index (χ1v) is 20.7. The van der Waals surface area contributed by atoms with Crippen LogP contribution in [0.15, 0.2) is 114 Å². The summed E-state index contributed by atoms with van der Waals surface area (Å²) in [5.74, 6) is 0.550. The van der Waals surface area contributed by atoms with E-state index in [1.165, 1.54) is 20.5 Å². The molecule has 0 amide bonds. The van der Waals surface area contributed by atoms with Crippen molar-refractivity contribution in [2.75, 3.05) is 26.6 Å². The number of rotatable bonds is 18. The molecule has 0 fully saturated rings. The van der Waals surface area contributed by atoms with Crippen molar-refractivity contribution in [1.82, 2.24) is 0 Å². The van der Waals surface area contributed by atoms with E-state index in [0.717, 1.165) is 78.4 Å². The van der Waals surface area contributed by atoms with Gasteiger partial charge in [-0.05, 0) is 6.92 Å². The topological polar surface area (TPSA) is 102 Å². The Balaban J connectivity index is 1.41. The molecule has 9 heteroatoms. The number of ether oxygens (including phenoxy) is 2. The van der Waals surface area contributed by atoms with Gasteiger partial charge >= 0.3 is 224 Å². The molecule has 2 unspecified atom stereocenters. The first kappa shape index (κ1) is 36.8. The van der Waals surface area contributed by atoms with E-state index in [1.54, 1.807) is 0 Å². The zero-order valence-electron chi connectivity index (χ0n) is 28.2. The van der Waals surface area contributed by atoms with Crippen LogP contribution >= 0.6 is 6.83 Å². The summed E-state index contributed by atoms with van der Waals surface area (Å²) in [5, 5.41) is 24.2. The second-order valence-corrected chi connectivity index (χ2v) is 18.9. The molecule has 0 bridgehead atoms. The Morgan fingerprint density at radius 3 is 1.40 bits per heavy atom. The summed E-state index contributed by atoms with van der Waals surface area (Å²) < 4.78 is 43.6. The van der Waals surface area contributed by atoms with E-state index in [2.05, 4.69) is 0 Å². The van der Waals surface area contributed by atoms with E-state index < -0.39 is 29.2 Å². The average molecular weight is 683 g/mol. The number of hydrogen-bond donors (Lipinski definition) is 2. The summed E-state index contributed by atoms with van der Waals surface area (Å²) in [6, 6.07) is 29.8. The summed E-state index contributed by atoms with van der Waals surface area (Å²) in [4.78, 5) is 0. The van der Waals surface area contributed by atoms with Gasteiger partial charge < -0.3 is 19.7 Å². The first-order valence-electron chi connectivity index (χ1n) is 16.6. The SMILES string of the molecule is COC1=C(OC)C(O)C(CCCCCCCCCCP(OS(C)(=O)=O)(c2ccccc2)(c2ccccc2)c2ccccc2)=C(C)C1O. The fourth-order valence-corrected chi connectivity index (χ4v) is 15.7. The Bertz CT molecular complexity index is 1510. The quantitative estimate of drug-likeness (QED) is 0.0901. The molecule has 0 saturated heterocycles. The molecule has 0 radical (unpaired) electrons. The molecule has 4 rings (SSSR count). The van der Waals surface area contributed by atoms with Crippen LogP contribution in [0.5, 0.6) is 0 Å². The van der Waals surface area contributed by atoms with Crippen molar-refractivity contribution in [1.29, 1.82) is 0 Å². The van der Waals surface area contributed by atoms with Gasteiger partial charge in [0.1, 0.15) is 6.10 Å². The zero-order chi connectivity index (χ0) is 33.9. The van der Waals surface area contributed by atoms with Gasteiger partial charge in [0, 0.05) is 0 Å². The van der Waals surface area contributed by atoms with Crippen LogP contribution in [0.1, 0.15) is 64.7 Å². The standard InChI is InChI=1S/C38H51O7PS/c1-30-34(36(40)38(44-3)37(43-2)35(30)39)28-20-9-7-5-6-8-10-21-29-46(45-47(4,41)42,31-22-14-11-15-23-31,32-24-16-12-17-25-32)33-26-18-13-19-27-33/h11-19,22-27,35-36,39-40H,5-10,20-21,28-29H2,1-4H3. The molecule has 2 atom stereocenters. The molecule has 256 valence electrons. The second-order valence-electron chi connectivity index (χ2n) is 12.5. The van der Waals surface area contributed by atoms with E-state index in [9.17, 15) is 18.6 Å². The monoisotopic (exact) mass is 682 g/mol. The smallest absolute Gasteiger partial charge is 0.381 e. The van der Waals surface area contributed by atoms with Crippen molar-refractivity contribution in [3.63, 3.8) is 0 Å². The summed E-state index contributed by atoms with van der Waals surface area (Å²) in [6.07, 6.45) is 8.67. The van der Waals surface area contributed by atoms with Crippen LogP contribution < -0.4 is 15.9 Å². The van der Waals surface area contributed by atoms with Crippen LogP contribution in [0.4, 0.5) is 0 Å². The minimum Gasteiger partial charge on any atom is -0.381 e. The van der Waals surface area contributed by atoms with Gasteiger partial charge in [0.05, 0.1) is 14.2 Å². The van der Waals surface area contributed by atoms with Crippen molar-refractivity contribution in [3.05, 3.63) is 114 Å². The van der Waals surface area contributed by atoms with E-state index in [-0.39, 0.29) is 11.5 Å².